The van der Waals surface area contributed by atoms with Crippen molar-refractivity contribution in [3.8, 4) is 5.75 Å². The normalized spacial score (nSPS) is 20.6. The molecule has 1 atom stereocenters. The van der Waals surface area contributed by atoms with Gasteiger partial charge in [-0.25, -0.2) is 8.42 Å². The van der Waals surface area contributed by atoms with E-state index in [1.807, 2.05) is 0 Å². The average molecular weight is 286 g/mol. The van der Waals surface area contributed by atoms with Gasteiger partial charge in [0, 0.05) is 18.7 Å². The van der Waals surface area contributed by atoms with Crippen molar-refractivity contribution < 1.29 is 18.3 Å². The van der Waals surface area contributed by atoms with E-state index >= 15 is 0 Å². The summed E-state index contributed by atoms with van der Waals surface area (Å²) in [6.45, 7) is 0.269. The number of ether oxygens (including phenoxy) is 1. The van der Waals surface area contributed by atoms with Crippen molar-refractivity contribution in [2.75, 3.05) is 26.0 Å². The summed E-state index contributed by atoms with van der Waals surface area (Å²) in [5.74, 6) is 0.334. The molecule has 3 N–H and O–H groups in total. The number of rotatable bonds is 4. The zero-order chi connectivity index (χ0) is 14.0. The third kappa shape index (κ3) is 2.54. The first kappa shape index (κ1) is 14.1. The number of sulfonamides is 1. The van der Waals surface area contributed by atoms with E-state index in [2.05, 4.69) is 0 Å². The molecule has 0 bridgehead atoms. The number of nitrogen functional groups attached to an aromatic ring is 1. The molecule has 1 fully saturated rings. The van der Waals surface area contributed by atoms with Gasteiger partial charge in [-0.2, -0.15) is 4.31 Å². The van der Waals surface area contributed by atoms with Gasteiger partial charge in [-0.1, -0.05) is 0 Å². The summed E-state index contributed by atoms with van der Waals surface area (Å²) in [5.41, 5.74) is 6.07. The highest BCUT2D eigenvalue weighted by molar-refractivity contribution is 7.89. The van der Waals surface area contributed by atoms with Gasteiger partial charge in [0.25, 0.3) is 0 Å². The molecule has 1 saturated heterocycles. The first-order valence-corrected chi connectivity index (χ1v) is 7.51. The van der Waals surface area contributed by atoms with Crippen LogP contribution in [0.5, 0.6) is 5.75 Å². The number of methoxy groups -OCH3 is 1. The van der Waals surface area contributed by atoms with Crippen LogP contribution in [0.3, 0.4) is 0 Å². The second kappa shape index (κ2) is 5.36. The van der Waals surface area contributed by atoms with Crippen molar-refractivity contribution in [3.63, 3.8) is 0 Å². The summed E-state index contributed by atoms with van der Waals surface area (Å²) in [6.07, 6.45) is 1.44. The van der Waals surface area contributed by atoms with Gasteiger partial charge < -0.3 is 15.6 Å². The molecule has 0 unspecified atom stereocenters. The first-order valence-electron chi connectivity index (χ1n) is 6.07. The molecular weight excluding hydrogens is 268 g/mol. The minimum absolute atomic E-state index is 0.138. The molecule has 1 aliphatic rings. The zero-order valence-electron chi connectivity index (χ0n) is 10.7. The quantitative estimate of drug-likeness (QED) is 0.783. The molecule has 0 aromatic heterocycles. The fraction of sp³-hybridized carbons (Fsp3) is 0.500. The van der Waals surface area contributed by atoms with Crippen LogP contribution in [0.4, 0.5) is 5.69 Å². The van der Waals surface area contributed by atoms with Gasteiger partial charge in [0.15, 0.2) is 0 Å². The third-order valence-corrected chi connectivity index (χ3v) is 5.29. The highest BCUT2D eigenvalue weighted by Crippen LogP contribution is 2.30. The second-order valence-electron chi connectivity index (χ2n) is 4.50. The fourth-order valence-electron chi connectivity index (χ4n) is 2.30. The lowest BCUT2D eigenvalue weighted by atomic mass is 10.2. The van der Waals surface area contributed by atoms with Crippen molar-refractivity contribution in [1.82, 2.24) is 4.31 Å². The number of benzene rings is 1. The number of aliphatic hydroxyl groups excluding tert-OH is 1. The van der Waals surface area contributed by atoms with Gasteiger partial charge in [-0.3, -0.25) is 0 Å². The Kier molecular flexibility index (Phi) is 3.98. The largest absolute Gasteiger partial charge is 0.495 e. The lowest BCUT2D eigenvalue weighted by Gasteiger charge is -2.22. The fourth-order valence-corrected chi connectivity index (χ4v) is 4.00. The number of hydrogen-bond donors (Lipinski definition) is 2. The second-order valence-corrected chi connectivity index (χ2v) is 6.39. The van der Waals surface area contributed by atoms with Crippen LogP contribution in [0.15, 0.2) is 23.1 Å². The summed E-state index contributed by atoms with van der Waals surface area (Å²) in [6, 6.07) is 4.04. The van der Waals surface area contributed by atoms with Crippen LogP contribution in [0.1, 0.15) is 12.8 Å². The SMILES string of the molecule is COc1cc(S(=O)(=O)N2CCC[C@@H]2CO)ccc1N. The van der Waals surface area contributed by atoms with Crippen molar-refractivity contribution in [2.45, 2.75) is 23.8 Å². The smallest absolute Gasteiger partial charge is 0.243 e. The highest BCUT2D eigenvalue weighted by Gasteiger charge is 2.35. The van der Waals surface area contributed by atoms with Crippen LogP contribution < -0.4 is 10.5 Å². The molecule has 1 heterocycles. The van der Waals surface area contributed by atoms with Crippen LogP contribution in [0.25, 0.3) is 0 Å². The monoisotopic (exact) mass is 286 g/mol. The number of anilines is 1. The standard InChI is InChI=1S/C12H18N2O4S/c1-18-12-7-10(4-5-11(12)13)19(16,17)14-6-2-3-9(14)8-15/h4-5,7,9,15H,2-3,6,8,13H2,1H3/t9-/m1/s1. The van der Waals surface area contributed by atoms with E-state index in [1.54, 1.807) is 0 Å². The predicted molar refractivity (Wildman–Crippen MR) is 71.4 cm³/mol. The van der Waals surface area contributed by atoms with Crippen molar-refractivity contribution in [1.29, 1.82) is 0 Å². The van der Waals surface area contributed by atoms with Gasteiger partial charge in [0.05, 0.1) is 24.3 Å². The van der Waals surface area contributed by atoms with E-state index in [-0.39, 0.29) is 17.5 Å². The molecule has 1 aromatic rings. The van der Waals surface area contributed by atoms with Crippen LogP contribution in [-0.2, 0) is 10.0 Å². The topological polar surface area (TPSA) is 92.9 Å². The summed E-state index contributed by atoms with van der Waals surface area (Å²) < 4.78 is 31.4. The van der Waals surface area contributed by atoms with Gasteiger partial charge in [0.2, 0.25) is 10.0 Å². The Morgan fingerprint density at radius 3 is 2.89 bits per heavy atom. The Labute approximate surface area is 112 Å². The van der Waals surface area contributed by atoms with Gasteiger partial charge in [-0.15, -0.1) is 0 Å². The molecule has 2 rings (SSSR count). The molecule has 19 heavy (non-hydrogen) atoms. The van der Waals surface area contributed by atoms with Crippen molar-refractivity contribution in [2.24, 2.45) is 0 Å². The van der Waals surface area contributed by atoms with Crippen molar-refractivity contribution in [3.05, 3.63) is 18.2 Å². The number of hydrogen-bond acceptors (Lipinski definition) is 5. The van der Waals surface area contributed by atoms with Crippen LogP contribution in [0, 0.1) is 0 Å². The Morgan fingerprint density at radius 2 is 2.26 bits per heavy atom. The molecule has 7 heteroatoms. The summed E-state index contributed by atoms with van der Waals surface area (Å²) in [5, 5.41) is 9.24. The maximum atomic E-state index is 12.5. The first-order chi connectivity index (χ1) is 9.00. The molecule has 1 aromatic carbocycles. The highest BCUT2D eigenvalue weighted by atomic mass is 32.2. The maximum Gasteiger partial charge on any atom is 0.243 e. The Balaban J connectivity index is 2.39. The molecular formula is C12H18N2O4S. The minimum Gasteiger partial charge on any atom is -0.495 e. The van der Waals surface area contributed by atoms with E-state index in [4.69, 9.17) is 10.5 Å². The molecule has 0 radical (unpaired) electrons. The summed E-state index contributed by atoms with van der Waals surface area (Å²) >= 11 is 0. The summed E-state index contributed by atoms with van der Waals surface area (Å²) in [7, 11) is -2.17. The van der Waals surface area contributed by atoms with Crippen LogP contribution in [-0.4, -0.2) is 44.1 Å². The van der Waals surface area contributed by atoms with Gasteiger partial charge >= 0.3 is 0 Å². The maximum absolute atomic E-state index is 12.5. The molecule has 0 amide bonds. The predicted octanol–water partition coefficient (Wildman–Crippen LogP) is 0.423. The molecule has 0 spiro atoms. The number of nitrogens with two attached hydrogens (primary N) is 1. The van der Waals surface area contributed by atoms with E-state index in [0.717, 1.165) is 6.42 Å². The number of nitrogens with zero attached hydrogens (tertiary/aromatic N) is 1. The third-order valence-electron chi connectivity index (χ3n) is 3.35. The summed E-state index contributed by atoms with van der Waals surface area (Å²) in [4.78, 5) is 0.138. The molecule has 1 aliphatic heterocycles. The van der Waals surface area contributed by atoms with Gasteiger partial charge in [-0.05, 0) is 25.0 Å². The van der Waals surface area contributed by atoms with Crippen LogP contribution in [0.2, 0.25) is 0 Å². The Hall–Kier alpha value is -1.31. The Morgan fingerprint density at radius 1 is 1.53 bits per heavy atom. The molecule has 0 saturated carbocycles. The lowest BCUT2D eigenvalue weighted by Crippen LogP contribution is -2.37. The lowest BCUT2D eigenvalue weighted by molar-refractivity contribution is 0.213. The van der Waals surface area contributed by atoms with E-state index < -0.39 is 10.0 Å². The zero-order valence-corrected chi connectivity index (χ0v) is 11.6. The van der Waals surface area contributed by atoms with Crippen LogP contribution >= 0.6 is 0 Å². The number of aliphatic hydroxyl groups is 1. The Bertz CT molecular complexity index is 559. The van der Waals surface area contributed by atoms with E-state index in [0.29, 0.717) is 24.4 Å². The van der Waals surface area contributed by atoms with Crippen molar-refractivity contribution >= 4 is 15.7 Å². The minimum atomic E-state index is -3.61. The molecule has 0 aliphatic carbocycles. The average Bonchev–Trinajstić information content (AvgIpc) is 2.88. The molecule has 106 valence electrons. The molecule has 6 nitrogen and oxygen atoms in total. The van der Waals surface area contributed by atoms with E-state index in [1.165, 1.54) is 29.6 Å². The van der Waals surface area contributed by atoms with Gasteiger partial charge in [0.1, 0.15) is 5.75 Å². The van der Waals surface area contributed by atoms with E-state index in [9.17, 15) is 13.5 Å².